The monoisotopic (exact) mass is 491 g/mol. The fourth-order valence-electron chi connectivity index (χ4n) is 3.05. The highest BCUT2D eigenvalue weighted by atomic mass is 32.2. The number of nitrogens with zero attached hydrogens (tertiary/aromatic N) is 4. The van der Waals surface area contributed by atoms with Crippen molar-refractivity contribution in [1.29, 1.82) is 0 Å². The van der Waals surface area contributed by atoms with E-state index in [4.69, 9.17) is 4.74 Å². The number of nitrogens with one attached hydrogen (secondary N) is 1. The number of benzene rings is 2. The van der Waals surface area contributed by atoms with E-state index in [-0.39, 0.29) is 28.9 Å². The average Bonchev–Trinajstić information content (AvgIpc) is 3.17. The van der Waals surface area contributed by atoms with Crippen LogP contribution in [0.3, 0.4) is 0 Å². The van der Waals surface area contributed by atoms with Crippen LogP contribution >= 0.6 is 11.8 Å². The Bertz CT molecular complexity index is 1170. The predicted molar refractivity (Wildman–Crippen MR) is 123 cm³/mol. The summed E-state index contributed by atoms with van der Waals surface area (Å²) in [5.41, 5.74) is -0.605. The Balaban J connectivity index is 1.71. The van der Waals surface area contributed by atoms with Crippen LogP contribution in [0.2, 0.25) is 0 Å². The fraction of sp³-hybridized carbons (Fsp3) is 0.318. The summed E-state index contributed by atoms with van der Waals surface area (Å²) in [6.07, 6.45) is -0.501. The molecular weight excluding hydrogens is 468 g/mol. The van der Waals surface area contributed by atoms with Gasteiger partial charge in [-0.25, -0.2) is 8.78 Å². The molecular formula is C22H23F2N5O4S. The Morgan fingerprint density at radius 3 is 2.53 bits per heavy atom. The van der Waals surface area contributed by atoms with Crippen molar-refractivity contribution in [3.63, 3.8) is 0 Å². The molecule has 0 fully saturated rings. The van der Waals surface area contributed by atoms with Crippen LogP contribution < -0.4 is 10.1 Å². The summed E-state index contributed by atoms with van der Waals surface area (Å²) in [5.74, 6) is -0.580. The Morgan fingerprint density at radius 1 is 1.18 bits per heavy atom. The number of aromatic nitrogens is 3. The molecule has 12 heteroatoms. The molecule has 0 spiro atoms. The molecule has 0 aliphatic carbocycles. The van der Waals surface area contributed by atoms with Gasteiger partial charge in [0, 0.05) is 18.7 Å². The van der Waals surface area contributed by atoms with Crippen molar-refractivity contribution in [3.05, 3.63) is 70.0 Å². The molecule has 0 saturated carbocycles. The maximum atomic E-state index is 14.0. The number of hydrogen-bond acceptors (Lipinski definition) is 7. The van der Waals surface area contributed by atoms with E-state index in [1.807, 2.05) is 18.4 Å². The SMILES string of the molecule is CC(C)Cn1c(SCC(=O)Nc2cc([N+](=O)[O-])ccc2F)nnc1C(C)Oc1ccc(F)cc1. The number of halogens is 2. The van der Waals surface area contributed by atoms with Gasteiger partial charge in [-0.3, -0.25) is 14.9 Å². The van der Waals surface area contributed by atoms with Gasteiger partial charge >= 0.3 is 0 Å². The number of thioether (sulfide) groups is 1. The van der Waals surface area contributed by atoms with Crippen LogP contribution in [0.25, 0.3) is 0 Å². The van der Waals surface area contributed by atoms with Gasteiger partial charge in [0.05, 0.1) is 16.4 Å². The van der Waals surface area contributed by atoms with Crippen LogP contribution in [0.5, 0.6) is 5.75 Å². The van der Waals surface area contributed by atoms with E-state index in [1.54, 1.807) is 6.92 Å². The maximum absolute atomic E-state index is 14.0. The molecule has 0 aliphatic heterocycles. The lowest BCUT2D eigenvalue weighted by Gasteiger charge is -2.17. The first-order chi connectivity index (χ1) is 16.1. The summed E-state index contributed by atoms with van der Waals surface area (Å²) in [6, 6.07) is 8.53. The van der Waals surface area contributed by atoms with E-state index in [0.717, 1.165) is 30.0 Å². The first kappa shape index (κ1) is 25.1. The molecule has 1 aromatic heterocycles. The summed E-state index contributed by atoms with van der Waals surface area (Å²) in [7, 11) is 0. The number of carbonyl (C=O) groups excluding carboxylic acids is 1. The molecule has 0 aliphatic rings. The molecule has 9 nitrogen and oxygen atoms in total. The molecule has 3 rings (SSSR count). The number of hydrogen-bond donors (Lipinski definition) is 1. The van der Waals surface area contributed by atoms with Gasteiger partial charge in [-0.2, -0.15) is 0 Å². The van der Waals surface area contributed by atoms with Crippen LogP contribution in [-0.2, 0) is 11.3 Å². The molecule has 1 unspecified atom stereocenters. The number of carbonyl (C=O) groups is 1. The van der Waals surface area contributed by atoms with Gasteiger partial charge in [0.1, 0.15) is 17.4 Å². The zero-order valence-electron chi connectivity index (χ0n) is 18.7. The molecule has 34 heavy (non-hydrogen) atoms. The van der Waals surface area contributed by atoms with Crippen LogP contribution in [0.4, 0.5) is 20.2 Å². The minimum atomic E-state index is -0.777. The van der Waals surface area contributed by atoms with Crippen molar-refractivity contribution in [2.75, 3.05) is 11.1 Å². The topological polar surface area (TPSA) is 112 Å². The Hall–Kier alpha value is -3.54. The number of nitro groups is 1. The second-order valence-corrected chi connectivity index (χ2v) is 8.76. The molecule has 1 N–H and O–H groups in total. The highest BCUT2D eigenvalue weighted by Gasteiger charge is 2.21. The van der Waals surface area contributed by atoms with E-state index < -0.39 is 22.8 Å². The van der Waals surface area contributed by atoms with Gasteiger partial charge in [0.2, 0.25) is 5.91 Å². The molecule has 1 amide bonds. The summed E-state index contributed by atoms with van der Waals surface area (Å²) in [5, 5.41) is 22.1. The maximum Gasteiger partial charge on any atom is 0.271 e. The minimum Gasteiger partial charge on any atom is -0.483 e. The predicted octanol–water partition coefficient (Wildman–Crippen LogP) is 4.99. The second kappa shape index (κ2) is 11.1. The van der Waals surface area contributed by atoms with E-state index in [0.29, 0.717) is 23.3 Å². The Morgan fingerprint density at radius 2 is 1.88 bits per heavy atom. The highest BCUT2D eigenvalue weighted by Crippen LogP contribution is 2.26. The molecule has 180 valence electrons. The number of ether oxygens (including phenoxy) is 1. The van der Waals surface area contributed by atoms with Crippen LogP contribution in [0.1, 0.15) is 32.7 Å². The molecule has 0 saturated heterocycles. The molecule has 1 atom stereocenters. The van der Waals surface area contributed by atoms with Gasteiger partial charge in [-0.15, -0.1) is 10.2 Å². The van der Waals surface area contributed by atoms with Crippen molar-refractivity contribution in [2.45, 2.75) is 38.6 Å². The number of anilines is 1. The smallest absolute Gasteiger partial charge is 0.271 e. The lowest BCUT2D eigenvalue weighted by molar-refractivity contribution is -0.384. The molecule has 0 radical (unpaired) electrons. The first-order valence-corrected chi connectivity index (χ1v) is 11.3. The lowest BCUT2D eigenvalue weighted by atomic mass is 10.2. The standard InChI is InChI=1S/C22H23F2N5O4S/c1-13(2)11-28-21(14(3)33-17-7-4-15(23)5-8-17)26-27-22(28)34-12-20(30)25-19-10-16(29(31)32)6-9-18(19)24/h4-10,13-14H,11-12H2,1-3H3,(H,25,30). The Kier molecular flexibility index (Phi) is 8.16. The van der Waals surface area contributed by atoms with Crippen LogP contribution in [0.15, 0.2) is 47.6 Å². The van der Waals surface area contributed by atoms with Crippen molar-refractivity contribution in [2.24, 2.45) is 5.92 Å². The molecule has 1 heterocycles. The molecule has 0 bridgehead atoms. The average molecular weight is 492 g/mol. The van der Waals surface area contributed by atoms with Gasteiger partial charge < -0.3 is 14.6 Å². The van der Waals surface area contributed by atoms with Crippen molar-refractivity contribution in [1.82, 2.24) is 14.8 Å². The number of non-ortho nitro benzene ring substituents is 1. The van der Waals surface area contributed by atoms with E-state index in [2.05, 4.69) is 15.5 Å². The van der Waals surface area contributed by atoms with Crippen LogP contribution in [0, 0.1) is 27.7 Å². The van der Waals surface area contributed by atoms with Crippen molar-refractivity contribution >= 4 is 29.0 Å². The Labute approximate surface area is 198 Å². The summed E-state index contributed by atoms with van der Waals surface area (Å²) in [6.45, 7) is 6.38. The summed E-state index contributed by atoms with van der Waals surface area (Å²) >= 11 is 1.10. The van der Waals surface area contributed by atoms with Crippen molar-refractivity contribution < 1.29 is 23.2 Å². The van der Waals surface area contributed by atoms with E-state index in [9.17, 15) is 23.7 Å². The lowest BCUT2D eigenvalue weighted by Crippen LogP contribution is -2.17. The normalized spacial score (nSPS) is 11.9. The van der Waals surface area contributed by atoms with E-state index in [1.165, 1.54) is 24.3 Å². The van der Waals surface area contributed by atoms with Gasteiger partial charge in [0.15, 0.2) is 17.1 Å². The summed E-state index contributed by atoms with van der Waals surface area (Å²) < 4.78 is 34.8. The highest BCUT2D eigenvalue weighted by molar-refractivity contribution is 7.99. The zero-order chi connectivity index (χ0) is 24.8. The largest absolute Gasteiger partial charge is 0.483 e. The molecule has 2 aromatic carbocycles. The summed E-state index contributed by atoms with van der Waals surface area (Å²) in [4.78, 5) is 22.6. The zero-order valence-corrected chi connectivity index (χ0v) is 19.5. The van der Waals surface area contributed by atoms with Crippen LogP contribution in [-0.4, -0.2) is 31.3 Å². The quantitative estimate of drug-likeness (QED) is 0.241. The van der Waals surface area contributed by atoms with E-state index >= 15 is 0 Å². The number of amides is 1. The fourth-order valence-corrected chi connectivity index (χ4v) is 3.81. The third-order valence-corrected chi connectivity index (χ3v) is 5.52. The third-order valence-electron chi connectivity index (χ3n) is 4.55. The second-order valence-electron chi connectivity index (χ2n) is 7.82. The third kappa shape index (κ3) is 6.50. The number of rotatable bonds is 10. The minimum absolute atomic E-state index is 0.119. The first-order valence-electron chi connectivity index (χ1n) is 10.4. The van der Waals surface area contributed by atoms with Crippen molar-refractivity contribution in [3.8, 4) is 5.75 Å². The van der Waals surface area contributed by atoms with Gasteiger partial charge in [-0.1, -0.05) is 25.6 Å². The number of nitro benzene ring substituents is 1. The van der Waals surface area contributed by atoms with Gasteiger partial charge in [0.25, 0.3) is 5.69 Å². The van der Waals surface area contributed by atoms with Gasteiger partial charge in [-0.05, 0) is 43.2 Å². The molecule has 3 aromatic rings.